The predicted octanol–water partition coefficient (Wildman–Crippen LogP) is 0.543. The molecule has 0 bridgehead atoms. The Morgan fingerprint density at radius 2 is 2.00 bits per heavy atom. The number of aliphatic hydroxyl groups is 1. The van der Waals surface area contributed by atoms with Gasteiger partial charge in [-0.2, -0.15) is 0 Å². The number of anilines is 2. The monoisotopic (exact) mass is 310 g/mol. The molecule has 2 aliphatic heterocycles. The number of ether oxygens (including phenoxy) is 2. The van der Waals surface area contributed by atoms with E-state index >= 15 is 0 Å². The van der Waals surface area contributed by atoms with Gasteiger partial charge in [-0.1, -0.05) is 0 Å². The summed E-state index contributed by atoms with van der Waals surface area (Å²) in [4.78, 5) is 14.7. The molecular weight excluding hydrogens is 291 g/mol. The molecule has 7 heteroatoms. The highest BCUT2D eigenvalue weighted by Crippen LogP contribution is 2.30. The molecule has 0 radical (unpaired) electrons. The molecule has 0 aromatic heterocycles. The van der Waals surface area contributed by atoms with E-state index in [2.05, 4.69) is 0 Å². The van der Waals surface area contributed by atoms with E-state index in [0.29, 0.717) is 32.6 Å². The van der Waals surface area contributed by atoms with Crippen molar-refractivity contribution >= 4 is 17.7 Å². The van der Waals surface area contributed by atoms with Gasteiger partial charge in [0, 0.05) is 24.5 Å². The standard InChI is InChI=1S/C15H19FN2O4/c16-14-9-21-7-5-17(14)12-1-3-13(4-2-12)18-6-8-22-15(18,10-19)11-20/h1-4,10,14,20H,5-9,11H2. The number of hydrogen-bond acceptors (Lipinski definition) is 6. The second-order valence-corrected chi connectivity index (χ2v) is 5.34. The number of hydrogen-bond donors (Lipinski definition) is 1. The summed E-state index contributed by atoms with van der Waals surface area (Å²) in [5, 5.41) is 9.47. The van der Waals surface area contributed by atoms with Crippen LogP contribution in [0.3, 0.4) is 0 Å². The zero-order valence-electron chi connectivity index (χ0n) is 12.2. The van der Waals surface area contributed by atoms with E-state index in [4.69, 9.17) is 9.47 Å². The van der Waals surface area contributed by atoms with Crippen LogP contribution in [0.15, 0.2) is 24.3 Å². The average Bonchev–Trinajstić information content (AvgIpc) is 3.00. The summed E-state index contributed by atoms with van der Waals surface area (Å²) in [5.74, 6) is 0. The fraction of sp³-hybridized carbons (Fsp3) is 0.533. The van der Waals surface area contributed by atoms with E-state index in [1.54, 1.807) is 34.1 Å². The van der Waals surface area contributed by atoms with Gasteiger partial charge in [0.15, 0.2) is 12.6 Å². The number of nitrogens with zero attached hydrogens (tertiary/aromatic N) is 2. The maximum Gasteiger partial charge on any atom is 0.221 e. The molecule has 2 heterocycles. The SMILES string of the molecule is O=CC1(CO)OCCN1c1ccc(N2CCOCC2F)cc1. The number of benzene rings is 1. The Kier molecular flexibility index (Phi) is 4.28. The Morgan fingerprint density at radius 1 is 1.27 bits per heavy atom. The Hall–Kier alpha value is -1.70. The van der Waals surface area contributed by atoms with Gasteiger partial charge in [-0.3, -0.25) is 4.79 Å². The highest BCUT2D eigenvalue weighted by molar-refractivity contribution is 5.72. The third kappa shape index (κ3) is 2.55. The summed E-state index contributed by atoms with van der Waals surface area (Å²) >= 11 is 0. The lowest BCUT2D eigenvalue weighted by Crippen LogP contribution is -2.50. The van der Waals surface area contributed by atoms with E-state index in [-0.39, 0.29) is 6.61 Å². The predicted molar refractivity (Wildman–Crippen MR) is 78.7 cm³/mol. The van der Waals surface area contributed by atoms with Crippen LogP contribution in [0.2, 0.25) is 0 Å². The van der Waals surface area contributed by atoms with Crippen LogP contribution < -0.4 is 9.80 Å². The van der Waals surface area contributed by atoms with Crippen molar-refractivity contribution in [3.8, 4) is 0 Å². The van der Waals surface area contributed by atoms with Gasteiger partial charge >= 0.3 is 0 Å². The minimum absolute atomic E-state index is 0.0699. The Labute approximate surface area is 128 Å². The number of aldehydes is 1. The van der Waals surface area contributed by atoms with E-state index in [1.807, 2.05) is 0 Å². The van der Waals surface area contributed by atoms with E-state index in [1.165, 1.54) is 0 Å². The second kappa shape index (κ2) is 6.20. The first kappa shape index (κ1) is 15.2. The van der Waals surface area contributed by atoms with Crippen molar-refractivity contribution in [3.63, 3.8) is 0 Å². The van der Waals surface area contributed by atoms with Crippen molar-refractivity contribution in [2.24, 2.45) is 0 Å². The number of halogens is 1. The largest absolute Gasteiger partial charge is 0.391 e. The Morgan fingerprint density at radius 3 is 2.64 bits per heavy atom. The van der Waals surface area contributed by atoms with Crippen LogP contribution in [0.4, 0.5) is 15.8 Å². The van der Waals surface area contributed by atoms with Crippen LogP contribution in [0.5, 0.6) is 0 Å². The molecule has 2 aliphatic rings. The van der Waals surface area contributed by atoms with Gasteiger partial charge in [-0.15, -0.1) is 0 Å². The van der Waals surface area contributed by atoms with Crippen LogP contribution >= 0.6 is 0 Å². The lowest BCUT2D eigenvalue weighted by Gasteiger charge is -2.34. The van der Waals surface area contributed by atoms with Crippen LogP contribution in [0.1, 0.15) is 0 Å². The maximum absolute atomic E-state index is 13.9. The molecule has 1 aromatic carbocycles. The molecule has 0 saturated carbocycles. The van der Waals surface area contributed by atoms with Gasteiger partial charge in [0.25, 0.3) is 0 Å². The summed E-state index contributed by atoms with van der Waals surface area (Å²) in [5.41, 5.74) is 0.203. The minimum Gasteiger partial charge on any atom is -0.391 e. The van der Waals surface area contributed by atoms with Gasteiger partial charge in [0.1, 0.15) is 0 Å². The van der Waals surface area contributed by atoms with E-state index < -0.39 is 18.6 Å². The van der Waals surface area contributed by atoms with Crippen molar-refractivity contribution in [1.82, 2.24) is 0 Å². The second-order valence-electron chi connectivity index (χ2n) is 5.34. The number of carbonyl (C=O) groups excluding carboxylic acids is 1. The van der Waals surface area contributed by atoms with Crippen LogP contribution in [-0.2, 0) is 14.3 Å². The van der Waals surface area contributed by atoms with Gasteiger partial charge in [0.2, 0.25) is 5.72 Å². The first-order valence-corrected chi connectivity index (χ1v) is 7.27. The van der Waals surface area contributed by atoms with Crippen molar-refractivity contribution in [2.45, 2.75) is 12.0 Å². The lowest BCUT2D eigenvalue weighted by atomic mass is 10.1. The van der Waals surface area contributed by atoms with Crippen molar-refractivity contribution < 1.29 is 23.8 Å². The van der Waals surface area contributed by atoms with Crippen LogP contribution in [0, 0.1) is 0 Å². The van der Waals surface area contributed by atoms with Crippen LogP contribution in [-0.4, -0.2) is 62.9 Å². The fourth-order valence-corrected chi connectivity index (χ4v) is 2.88. The minimum atomic E-state index is -1.32. The summed E-state index contributed by atoms with van der Waals surface area (Å²) in [7, 11) is 0. The number of carbonyl (C=O) groups is 1. The Bertz CT molecular complexity index is 527. The molecule has 3 rings (SSSR count). The smallest absolute Gasteiger partial charge is 0.221 e. The molecule has 0 spiro atoms. The van der Waals surface area contributed by atoms with Crippen molar-refractivity contribution in [2.75, 3.05) is 49.3 Å². The molecule has 22 heavy (non-hydrogen) atoms. The molecule has 2 atom stereocenters. The molecular formula is C15H19FN2O4. The number of aliphatic hydroxyl groups excluding tert-OH is 1. The topological polar surface area (TPSA) is 62.2 Å². The highest BCUT2D eigenvalue weighted by atomic mass is 19.1. The zero-order chi connectivity index (χ0) is 15.6. The summed E-state index contributed by atoms with van der Waals surface area (Å²) in [6, 6.07) is 7.22. The van der Waals surface area contributed by atoms with Crippen LogP contribution in [0.25, 0.3) is 0 Å². The molecule has 0 amide bonds. The quantitative estimate of drug-likeness (QED) is 0.647. The molecule has 6 nitrogen and oxygen atoms in total. The molecule has 0 aliphatic carbocycles. The normalized spacial score (nSPS) is 28.9. The molecule has 120 valence electrons. The van der Waals surface area contributed by atoms with Gasteiger partial charge in [0.05, 0.1) is 26.4 Å². The summed E-state index contributed by atoms with van der Waals surface area (Å²) in [6.07, 6.45) is -0.533. The zero-order valence-corrected chi connectivity index (χ0v) is 12.2. The molecule has 2 unspecified atom stereocenters. The van der Waals surface area contributed by atoms with E-state index in [9.17, 15) is 14.3 Å². The van der Waals surface area contributed by atoms with Gasteiger partial charge in [-0.25, -0.2) is 4.39 Å². The number of rotatable bonds is 4. The molecule has 1 N–H and O–H groups in total. The van der Waals surface area contributed by atoms with Crippen molar-refractivity contribution in [1.29, 1.82) is 0 Å². The third-order valence-electron chi connectivity index (χ3n) is 4.10. The summed E-state index contributed by atoms with van der Waals surface area (Å²) < 4.78 is 24.3. The number of alkyl halides is 1. The van der Waals surface area contributed by atoms with Gasteiger partial charge < -0.3 is 24.4 Å². The molecule has 2 fully saturated rings. The number of morpholine rings is 1. The van der Waals surface area contributed by atoms with Crippen molar-refractivity contribution in [3.05, 3.63) is 24.3 Å². The molecule has 1 aromatic rings. The third-order valence-corrected chi connectivity index (χ3v) is 4.10. The maximum atomic E-state index is 13.9. The fourth-order valence-electron chi connectivity index (χ4n) is 2.88. The summed E-state index contributed by atoms with van der Waals surface area (Å²) in [6.45, 7) is 1.55. The first-order chi connectivity index (χ1) is 10.7. The van der Waals surface area contributed by atoms with E-state index in [0.717, 1.165) is 11.4 Å². The highest BCUT2D eigenvalue weighted by Gasteiger charge is 2.42. The first-order valence-electron chi connectivity index (χ1n) is 7.27. The Balaban J connectivity index is 1.80. The van der Waals surface area contributed by atoms with Gasteiger partial charge in [-0.05, 0) is 24.3 Å². The average molecular weight is 310 g/mol. The molecule has 2 saturated heterocycles. The lowest BCUT2D eigenvalue weighted by molar-refractivity contribution is -0.129.